The second kappa shape index (κ2) is 5.12. The summed E-state index contributed by atoms with van der Waals surface area (Å²) < 4.78 is 5.43. The molecule has 1 aromatic heterocycles. The average Bonchev–Trinajstić information content (AvgIpc) is 2.72. The molecule has 2 rings (SSSR count). The van der Waals surface area contributed by atoms with Gasteiger partial charge in [-0.3, -0.25) is 0 Å². The molecule has 0 aliphatic carbocycles. The number of hydrogen-bond donors (Lipinski definition) is 1. The van der Waals surface area contributed by atoms with Gasteiger partial charge in [-0.2, -0.15) is 0 Å². The highest BCUT2D eigenvalue weighted by molar-refractivity contribution is 7.15. The predicted octanol–water partition coefficient (Wildman–Crippen LogP) is 1.39. The van der Waals surface area contributed by atoms with Gasteiger partial charge in [-0.1, -0.05) is 6.92 Å². The molecule has 16 heavy (non-hydrogen) atoms. The van der Waals surface area contributed by atoms with Crippen LogP contribution in [0.5, 0.6) is 0 Å². The van der Waals surface area contributed by atoms with Crippen molar-refractivity contribution in [3.05, 3.63) is 10.6 Å². The van der Waals surface area contributed by atoms with Crippen LogP contribution in [-0.4, -0.2) is 30.8 Å². The Hall–Kier alpha value is -0.650. The molecule has 2 heterocycles. The molecule has 1 unspecified atom stereocenters. The highest BCUT2D eigenvalue weighted by Crippen LogP contribution is 2.28. The molecule has 4 nitrogen and oxygen atoms in total. The summed E-state index contributed by atoms with van der Waals surface area (Å²) in [4.78, 5) is 8.23. The Balaban J connectivity index is 2.22. The van der Waals surface area contributed by atoms with Gasteiger partial charge in [0.15, 0.2) is 5.13 Å². The largest absolute Gasteiger partial charge is 0.377 e. The Bertz CT molecular complexity index is 331. The van der Waals surface area contributed by atoms with E-state index in [1.54, 1.807) is 11.3 Å². The van der Waals surface area contributed by atoms with Gasteiger partial charge in [0.2, 0.25) is 0 Å². The van der Waals surface area contributed by atoms with Crippen molar-refractivity contribution in [2.75, 3.05) is 24.7 Å². The molecule has 1 aliphatic rings. The first-order valence-electron chi connectivity index (χ1n) is 5.79. The topological polar surface area (TPSA) is 51.4 Å². The lowest BCUT2D eigenvalue weighted by atomic mass is 10.3. The zero-order valence-electron chi connectivity index (χ0n) is 9.90. The second-order valence-corrected chi connectivity index (χ2v) is 5.10. The van der Waals surface area contributed by atoms with Crippen LogP contribution in [-0.2, 0) is 17.7 Å². The van der Waals surface area contributed by atoms with E-state index in [1.807, 2.05) is 0 Å². The molecule has 0 spiro atoms. The molecule has 0 aromatic carbocycles. The van der Waals surface area contributed by atoms with Crippen LogP contribution in [0.3, 0.4) is 0 Å². The third-order valence-corrected chi connectivity index (χ3v) is 4.06. The molecule has 1 fully saturated rings. The van der Waals surface area contributed by atoms with Crippen LogP contribution in [0, 0.1) is 0 Å². The Morgan fingerprint density at radius 3 is 3.00 bits per heavy atom. The smallest absolute Gasteiger partial charge is 0.186 e. The average molecular weight is 241 g/mol. The van der Waals surface area contributed by atoms with E-state index in [9.17, 15) is 0 Å². The standard InChI is InChI=1S/C11H19N3OS/c1-3-9-10(6-12)16-11(13-9)14-4-5-15-7-8(14)2/h8H,3-7,12H2,1-2H3. The van der Waals surface area contributed by atoms with Crippen LogP contribution < -0.4 is 10.6 Å². The maximum atomic E-state index is 5.73. The molecular formula is C11H19N3OS. The summed E-state index contributed by atoms with van der Waals surface area (Å²) in [6.45, 7) is 7.42. The minimum absolute atomic E-state index is 0.412. The maximum Gasteiger partial charge on any atom is 0.186 e. The van der Waals surface area contributed by atoms with Gasteiger partial charge in [0, 0.05) is 18.0 Å². The zero-order chi connectivity index (χ0) is 11.5. The van der Waals surface area contributed by atoms with Gasteiger partial charge in [0.05, 0.1) is 24.9 Å². The number of anilines is 1. The predicted molar refractivity (Wildman–Crippen MR) is 67.0 cm³/mol. The van der Waals surface area contributed by atoms with Crippen molar-refractivity contribution in [3.63, 3.8) is 0 Å². The summed E-state index contributed by atoms with van der Waals surface area (Å²) in [7, 11) is 0. The molecule has 2 N–H and O–H groups in total. The first-order chi connectivity index (χ1) is 7.76. The highest BCUT2D eigenvalue weighted by atomic mass is 32.1. The van der Waals surface area contributed by atoms with Gasteiger partial charge >= 0.3 is 0 Å². The van der Waals surface area contributed by atoms with Crippen LogP contribution in [0.25, 0.3) is 0 Å². The number of nitrogens with two attached hydrogens (primary N) is 1. The molecule has 1 aromatic rings. The van der Waals surface area contributed by atoms with E-state index in [-0.39, 0.29) is 0 Å². The third kappa shape index (κ3) is 2.21. The molecule has 1 aliphatic heterocycles. The first-order valence-corrected chi connectivity index (χ1v) is 6.61. The van der Waals surface area contributed by atoms with E-state index in [4.69, 9.17) is 10.5 Å². The maximum absolute atomic E-state index is 5.73. The molecule has 90 valence electrons. The molecule has 0 radical (unpaired) electrons. The minimum atomic E-state index is 0.412. The molecule has 1 atom stereocenters. The van der Waals surface area contributed by atoms with Crippen LogP contribution in [0.2, 0.25) is 0 Å². The van der Waals surface area contributed by atoms with E-state index in [0.29, 0.717) is 12.6 Å². The number of thiazole rings is 1. The minimum Gasteiger partial charge on any atom is -0.377 e. The van der Waals surface area contributed by atoms with Gasteiger partial charge in [0.25, 0.3) is 0 Å². The molecule has 1 saturated heterocycles. The fourth-order valence-corrected chi connectivity index (χ4v) is 3.10. The molecule has 0 bridgehead atoms. The van der Waals surface area contributed by atoms with Gasteiger partial charge < -0.3 is 15.4 Å². The highest BCUT2D eigenvalue weighted by Gasteiger charge is 2.22. The second-order valence-electron chi connectivity index (χ2n) is 4.04. The quantitative estimate of drug-likeness (QED) is 0.869. The Morgan fingerprint density at radius 2 is 2.44 bits per heavy atom. The summed E-state index contributed by atoms with van der Waals surface area (Å²) in [5.41, 5.74) is 6.88. The number of hydrogen-bond acceptors (Lipinski definition) is 5. The Morgan fingerprint density at radius 1 is 1.62 bits per heavy atom. The number of ether oxygens (including phenoxy) is 1. The van der Waals surface area contributed by atoms with Crippen LogP contribution >= 0.6 is 11.3 Å². The number of morpholine rings is 1. The summed E-state index contributed by atoms with van der Waals surface area (Å²) >= 11 is 1.73. The summed E-state index contributed by atoms with van der Waals surface area (Å²) in [6.07, 6.45) is 0.960. The number of aryl methyl sites for hydroxylation is 1. The van der Waals surface area contributed by atoms with Gasteiger partial charge in [-0.25, -0.2) is 4.98 Å². The first kappa shape index (κ1) is 11.8. The van der Waals surface area contributed by atoms with Crippen LogP contribution in [0.1, 0.15) is 24.4 Å². The van der Waals surface area contributed by atoms with E-state index in [0.717, 1.165) is 37.0 Å². The van der Waals surface area contributed by atoms with Crippen molar-refractivity contribution in [1.29, 1.82) is 0 Å². The van der Waals surface area contributed by atoms with Gasteiger partial charge in [0.1, 0.15) is 0 Å². The lowest BCUT2D eigenvalue weighted by Crippen LogP contribution is -2.43. The van der Waals surface area contributed by atoms with Crippen molar-refractivity contribution in [1.82, 2.24) is 4.98 Å². The van der Waals surface area contributed by atoms with Crippen LogP contribution in [0.15, 0.2) is 0 Å². The third-order valence-electron chi connectivity index (χ3n) is 2.90. The fourth-order valence-electron chi connectivity index (χ4n) is 1.94. The van der Waals surface area contributed by atoms with E-state index in [2.05, 4.69) is 23.7 Å². The van der Waals surface area contributed by atoms with Crippen molar-refractivity contribution < 1.29 is 4.74 Å². The molecule has 5 heteroatoms. The lowest BCUT2D eigenvalue weighted by molar-refractivity contribution is 0.0989. The van der Waals surface area contributed by atoms with Crippen molar-refractivity contribution in [3.8, 4) is 0 Å². The number of aromatic nitrogens is 1. The van der Waals surface area contributed by atoms with E-state index >= 15 is 0 Å². The normalized spacial score (nSPS) is 21.4. The van der Waals surface area contributed by atoms with Crippen molar-refractivity contribution >= 4 is 16.5 Å². The summed E-state index contributed by atoms with van der Waals surface area (Å²) in [5.74, 6) is 0. The molecule has 0 amide bonds. The Kier molecular flexibility index (Phi) is 3.78. The van der Waals surface area contributed by atoms with E-state index in [1.165, 1.54) is 4.88 Å². The number of nitrogens with zero attached hydrogens (tertiary/aromatic N) is 2. The van der Waals surface area contributed by atoms with Crippen LogP contribution in [0.4, 0.5) is 5.13 Å². The SMILES string of the molecule is CCc1nc(N2CCOCC2C)sc1CN. The van der Waals surface area contributed by atoms with Crippen molar-refractivity contribution in [2.45, 2.75) is 32.9 Å². The van der Waals surface area contributed by atoms with Gasteiger partial charge in [-0.15, -0.1) is 11.3 Å². The zero-order valence-corrected chi connectivity index (χ0v) is 10.7. The molecular weight excluding hydrogens is 222 g/mol. The summed E-state index contributed by atoms with van der Waals surface area (Å²) in [5, 5.41) is 1.10. The lowest BCUT2D eigenvalue weighted by Gasteiger charge is -2.32. The number of rotatable bonds is 3. The van der Waals surface area contributed by atoms with Gasteiger partial charge in [-0.05, 0) is 13.3 Å². The van der Waals surface area contributed by atoms with Crippen molar-refractivity contribution in [2.24, 2.45) is 5.73 Å². The summed E-state index contributed by atoms with van der Waals surface area (Å²) in [6, 6.07) is 0.412. The monoisotopic (exact) mass is 241 g/mol. The molecule has 0 saturated carbocycles. The Labute approximate surface area is 100 Å². The van der Waals surface area contributed by atoms with E-state index < -0.39 is 0 Å². The fraction of sp³-hybridized carbons (Fsp3) is 0.727.